The Kier molecular flexibility index (Phi) is 4.46. The van der Waals surface area contributed by atoms with Crippen LogP contribution >= 0.6 is 0 Å². The van der Waals surface area contributed by atoms with E-state index in [9.17, 15) is 4.79 Å². The predicted molar refractivity (Wildman–Crippen MR) is 85.6 cm³/mol. The van der Waals surface area contributed by atoms with E-state index in [1.807, 2.05) is 56.6 Å². The fourth-order valence-electron chi connectivity index (χ4n) is 2.48. The lowest BCUT2D eigenvalue weighted by molar-refractivity contribution is -0.116. The molecular weight excluding hydrogens is 262 g/mol. The number of anilines is 1. The predicted octanol–water partition coefficient (Wildman–Crippen LogP) is 3.71. The Bertz CT molecular complexity index is 658. The smallest absolute Gasteiger partial charge is 0.226 e. The summed E-state index contributed by atoms with van der Waals surface area (Å²) in [5, 5.41) is 7.39. The first-order valence-corrected chi connectivity index (χ1v) is 7.26. The lowest BCUT2D eigenvalue weighted by Gasteiger charge is -2.14. The highest BCUT2D eigenvalue weighted by Gasteiger charge is 2.14. The van der Waals surface area contributed by atoms with Gasteiger partial charge in [-0.1, -0.05) is 6.07 Å². The molecule has 0 saturated carbocycles. The average molecular weight is 285 g/mol. The van der Waals surface area contributed by atoms with E-state index in [2.05, 4.69) is 17.3 Å². The van der Waals surface area contributed by atoms with Gasteiger partial charge in [0.05, 0.1) is 11.7 Å². The number of carbonyl (C=O) groups excluding carboxylic acids is 1. The van der Waals surface area contributed by atoms with Gasteiger partial charge in [0, 0.05) is 17.8 Å². The van der Waals surface area contributed by atoms with Crippen molar-refractivity contribution in [1.29, 1.82) is 0 Å². The molecule has 21 heavy (non-hydrogen) atoms. The molecule has 4 heteroatoms. The van der Waals surface area contributed by atoms with Gasteiger partial charge in [0.1, 0.15) is 0 Å². The normalized spacial score (nSPS) is 12.2. The van der Waals surface area contributed by atoms with Crippen molar-refractivity contribution in [3.63, 3.8) is 0 Å². The number of amides is 1. The maximum atomic E-state index is 12.2. The Morgan fingerprint density at radius 2 is 1.90 bits per heavy atom. The van der Waals surface area contributed by atoms with Gasteiger partial charge in [-0.25, -0.2) is 0 Å². The van der Waals surface area contributed by atoms with E-state index < -0.39 is 0 Å². The van der Waals surface area contributed by atoms with Crippen LogP contribution in [0.2, 0.25) is 0 Å². The van der Waals surface area contributed by atoms with Crippen LogP contribution in [0.3, 0.4) is 0 Å². The van der Waals surface area contributed by atoms with Crippen LogP contribution in [0.4, 0.5) is 5.69 Å². The molecule has 0 spiro atoms. The van der Waals surface area contributed by atoms with Crippen LogP contribution < -0.4 is 5.32 Å². The quantitative estimate of drug-likeness (QED) is 0.931. The van der Waals surface area contributed by atoms with Crippen LogP contribution in [0.15, 0.2) is 24.3 Å². The molecule has 0 bridgehead atoms. The van der Waals surface area contributed by atoms with Crippen molar-refractivity contribution in [1.82, 2.24) is 9.78 Å². The fourth-order valence-corrected chi connectivity index (χ4v) is 2.48. The number of hydrogen-bond acceptors (Lipinski definition) is 2. The van der Waals surface area contributed by atoms with E-state index in [1.54, 1.807) is 0 Å². The van der Waals surface area contributed by atoms with Gasteiger partial charge >= 0.3 is 0 Å². The van der Waals surface area contributed by atoms with Gasteiger partial charge in [-0.3, -0.25) is 9.48 Å². The molecule has 2 aromatic rings. The van der Waals surface area contributed by atoms with Gasteiger partial charge in [0.15, 0.2) is 0 Å². The second-order valence-corrected chi connectivity index (χ2v) is 5.77. The molecule has 0 aliphatic carbocycles. The van der Waals surface area contributed by atoms with E-state index in [4.69, 9.17) is 0 Å². The number of carbonyl (C=O) groups is 1. The summed E-state index contributed by atoms with van der Waals surface area (Å²) in [6.45, 7) is 10.1. The van der Waals surface area contributed by atoms with Crippen LogP contribution in [0.5, 0.6) is 0 Å². The van der Waals surface area contributed by atoms with Gasteiger partial charge in [-0.2, -0.15) is 5.10 Å². The van der Waals surface area contributed by atoms with Gasteiger partial charge < -0.3 is 5.32 Å². The molecule has 0 saturated heterocycles. The van der Waals surface area contributed by atoms with Crippen molar-refractivity contribution >= 4 is 11.6 Å². The number of rotatable bonds is 4. The number of benzene rings is 1. The Morgan fingerprint density at radius 3 is 2.48 bits per heavy atom. The number of aromatic nitrogens is 2. The Morgan fingerprint density at radius 1 is 1.19 bits per heavy atom. The molecular formula is C17H23N3O. The third-order valence-corrected chi connectivity index (χ3v) is 3.73. The SMILES string of the molecule is Cc1cc(C)n([C@@H](C)CC(=O)Nc2ccc(C)c(C)c2)n1. The number of aryl methyl sites for hydroxylation is 4. The number of nitrogens with zero attached hydrogens (tertiary/aromatic N) is 2. The van der Waals surface area contributed by atoms with E-state index in [-0.39, 0.29) is 11.9 Å². The van der Waals surface area contributed by atoms with Crippen molar-refractivity contribution in [2.45, 2.75) is 47.1 Å². The number of hydrogen-bond donors (Lipinski definition) is 1. The third kappa shape index (κ3) is 3.72. The first-order chi connectivity index (χ1) is 9.86. The molecule has 1 aromatic carbocycles. The summed E-state index contributed by atoms with van der Waals surface area (Å²) in [5.74, 6) is 0.0123. The summed E-state index contributed by atoms with van der Waals surface area (Å²) in [4.78, 5) is 12.2. The first kappa shape index (κ1) is 15.3. The fraction of sp³-hybridized carbons (Fsp3) is 0.412. The topological polar surface area (TPSA) is 46.9 Å². The third-order valence-electron chi connectivity index (χ3n) is 3.73. The molecule has 0 aliphatic heterocycles. The first-order valence-electron chi connectivity index (χ1n) is 7.26. The van der Waals surface area contributed by atoms with Crippen LogP contribution in [0.25, 0.3) is 0 Å². The highest BCUT2D eigenvalue weighted by Crippen LogP contribution is 2.17. The largest absolute Gasteiger partial charge is 0.326 e. The lowest BCUT2D eigenvalue weighted by Crippen LogP contribution is -2.19. The summed E-state index contributed by atoms with van der Waals surface area (Å²) in [6.07, 6.45) is 0.412. The zero-order valence-corrected chi connectivity index (χ0v) is 13.4. The average Bonchev–Trinajstić information content (AvgIpc) is 2.73. The standard InChI is InChI=1S/C17H23N3O/c1-11-6-7-16(8-12(11)2)18-17(21)10-15(5)20-14(4)9-13(3)19-20/h6-9,15H,10H2,1-5H3,(H,18,21)/t15-/m0/s1. The minimum atomic E-state index is 0.0123. The van der Waals surface area contributed by atoms with Crippen LogP contribution in [0.1, 0.15) is 41.9 Å². The molecule has 1 aromatic heterocycles. The summed E-state index contributed by atoms with van der Waals surface area (Å²) in [6, 6.07) is 8.04. The van der Waals surface area contributed by atoms with Crippen molar-refractivity contribution in [2.75, 3.05) is 5.32 Å². The van der Waals surface area contributed by atoms with Crippen molar-refractivity contribution in [2.24, 2.45) is 0 Å². The molecule has 0 fully saturated rings. The molecule has 112 valence electrons. The Balaban J connectivity index is 2.01. The zero-order chi connectivity index (χ0) is 15.6. The van der Waals surface area contributed by atoms with Crippen LogP contribution in [-0.2, 0) is 4.79 Å². The van der Waals surface area contributed by atoms with E-state index in [0.29, 0.717) is 6.42 Å². The summed E-state index contributed by atoms with van der Waals surface area (Å²) >= 11 is 0. The highest BCUT2D eigenvalue weighted by molar-refractivity contribution is 5.91. The van der Waals surface area contributed by atoms with Crippen LogP contribution in [-0.4, -0.2) is 15.7 Å². The van der Waals surface area contributed by atoms with Gasteiger partial charge in [0.25, 0.3) is 0 Å². The van der Waals surface area contributed by atoms with E-state index in [1.165, 1.54) is 11.1 Å². The second kappa shape index (κ2) is 6.12. The summed E-state index contributed by atoms with van der Waals surface area (Å²) in [7, 11) is 0. The Hall–Kier alpha value is -2.10. The molecule has 1 N–H and O–H groups in total. The molecule has 4 nitrogen and oxygen atoms in total. The maximum Gasteiger partial charge on any atom is 0.226 e. The van der Waals surface area contributed by atoms with Gasteiger partial charge in [-0.15, -0.1) is 0 Å². The highest BCUT2D eigenvalue weighted by atomic mass is 16.1. The molecule has 0 radical (unpaired) electrons. The van der Waals surface area contributed by atoms with Crippen molar-refractivity contribution in [3.8, 4) is 0 Å². The van der Waals surface area contributed by atoms with Gasteiger partial charge in [0.2, 0.25) is 5.91 Å². The minimum absolute atomic E-state index is 0.0123. The summed E-state index contributed by atoms with van der Waals surface area (Å²) in [5.41, 5.74) is 5.32. The van der Waals surface area contributed by atoms with Crippen molar-refractivity contribution < 1.29 is 4.79 Å². The van der Waals surface area contributed by atoms with Crippen molar-refractivity contribution in [3.05, 3.63) is 46.8 Å². The van der Waals surface area contributed by atoms with E-state index in [0.717, 1.165) is 17.1 Å². The minimum Gasteiger partial charge on any atom is -0.326 e. The molecule has 0 unspecified atom stereocenters. The molecule has 1 heterocycles. The molecule has 0 aliphatic rings. The molecule has 1 amide bonds. The monoisotopic (exact) mass is 285 g/mol. The maximum absolute atomic E-state index is 12.2. The zero-order valence-electron chi connectivity index (χ0n) is 13.4. The van der Waals surface area contributed by atoms with E-state index >= 15 is 0 Å². The number of nitrogens with one attached hydrogen (secondary N) is 1. The lowest BCUT2D eigenvalue weighted by atomic mass is 10.1. The second-order valence-electron chi connectivity index (χ2n) is 5.77. The molecule has 1 atom stereocenters. The summed E-state index contributed by atoms with van der Waals surface area (Å²) < 4.78 is 1.91. The molecule has 2 rings (SSSR count). The Labute approximate surface area is 126 Å². The van der Waals surface area contributed by atoms with Gasteiger partial charge in [-0.05, 0) is 63.9 Å². The van der Waals surface area contributed by atoms with Crippen LogP contribution in [0, 0.1) is 27.7 Å².